The van der Waals surface area contributed by atoms with Crippen LogP contribution in [0.3, 0.4) is 0 Å². The fourth-order valence-corrected chi connectivity index (χ4v) is 7.39. The van der Waals surface area contributed by atoms with E-state index in [1.165, 1.54) is 44.1 Å². The third kappa shape index (κ3) is 3.97. The van der Waals surface area contributed by atoms with Gasteiger partial charge >= 0.3 is 0 Å². The van der Waals surface area contributed by atoms with Crippen molar-refractivity contribution in [2.24, 2.45) is 23.2 Å². The van der Waals surface area contributed by atoms with E-state index in [1.54, 1.807) is 0 Å². The number of anilines is 1. The van der Waals surface area contributed by atoms with Crippen LogP contribution in [0.15, 0.2) is 40.8 Å². The number of benzene rings is 2. The number of halogens is 1. The normalized spacial score (nSPS) is 28.1. The van der Waals surface area contributed by atoms with Crippen molar-refractivity contribution in [1.29, 1.82) is 0 Å². The number of hydrogen-bond donors (Lipinski definition) is 1. The molecule has 0 unspecified atom stereocenters. The van der Waals surface area contributed by atoms with Crippen LogP contribution < -0.4 is 5.32 Å². The van der Waals surface area contributed by atoms with Crippen LogP contribution in [0, 0.1) is 23.2 Å². The van der Waals surface area contributed by atoms with Crippen LogP contribution in [0.4, 0.5) is 5.69 Å². The lowest BCUT2D eigenvalue weighted by molar-refractivity contribution is -0.124. The van der Waals surface area contributed by atoms with Crippen LogP contribution in [0.5, 0.6) is 0 Å². The van der Waals surface area contributed by atoms with Gasteiger partial charge in [-0.2, -0.15) is 0 Å². The molecule has 0 spiro atoms. The SMILES string of the molecule is CC(C)c1ccc2oc(-c3ccc(Cl)c(NC(=O)CC45CC6CC(CC(C6)C4)C5)c3)nc2c1. The maximum Gasteiger partial charge on any atom is 0.227 e. The molecule has 3 aromatic rings. The molecule has 0 aliphatic heterocycles. The highest BCUT2D eigenvalue weighted by Gasteiger charge is 2.51. The second kappa shape index (κ2) is 7.87. The minimum atomic E-state index is 0.0788. The summed E-state index contributed by atoms with van der Waals surface area (Å²) in [6, 6.07) is 11.7. The van der Waals surface area contributed by atoms with Gasteiger partial charge in [0.1, 0.15) is 5.52 Å². The van der Waals surface area contributed by atoms with E-state index in [2.05, 4.69) is 31.3 Å². The number of carbonyl (C=O) groups excluding carboxylic acids is 1. The number of rotatable bonds is 5. The fourth-order valence-electron chi connectivity index (χ4n) is 7.22. The van der Waals surface area contributed by atoms with E-state index >= 15 is 0 Å². The van der Waals surface area contributed by atoms with Crippen molar-refractivity contribution in [2.45, 2.75) is 64.7 Å². The minimum Gasteiger partial charge on any atom is -0.436 e. The first-order valence-corrected chi connectivity index (χ1v) is 12.7. The summed E-state index contributed by atoms with van der Waals surface area (Å²) in [6.07, 6.45) is 8.44. The summed E-state index contributed by atoms with van der Waals surface area (Å²) in [4.78, 5) is 17.8. The number of aromatic nitrogens is 1. The van der Waals surface area contributed by atoms with E-state index in [0.29, 0.717) is 28.9 Å². The van der Waals surface area contributed by atoms with Crippen LogP contribution in [0.1, 0.15) is 70.3 Å². The Morgan fingerprint density at radius 2 is 1.79 bits per heavy atom. The van der Waals surface area contributed by atoms with Crippen LogP contribution >= 0.6 is 11.6 Å². The quantitative estimate of drug-likeness (QED) is 0.420. The summed E-state index contributed by atoms with van der Waals surface area (Å²) in [5.74, 6) is 3.57. The number of nitrogens with zero attached hydrogens (tertiary/aromatic N) is 1. The topological polar surface area (TPSA) is 55.1 Å². The monoisotopic (exact) mass is 462 g/mol. The molecule has 1 heterocycles. The molecule has 172 valence electrons. The van der Waals surface area contributed by atoms with E-state index in [-0.39, 0.29) is 11.3 Å². The molecule has 7 rings (SSSR count). The molecule has 1 N–H and O–H groups in total. The lowest BCUT2D eigenvalue weighted by Crippen LogP contribution is -2.47. The number of hydrogen-bond acceptors (Lipinski definition) is 3. The van der Waals surface area contributed by atoms with E-state index in [0.717, 1.165) is 34.4 Å². The summed E-state index contributed by atoms with van der Waals surface area (Å²) in [7, 11) is 0. The van der Waals surface area contributed by atoms with Crippen molar-refractivity contribution in [2.75, 3.05) is 5.32 Å². The maximum atomic E-state index is 13.1. The first kappa shape index (κ1) is 21.2. The Bertz CT molecular complexity index is 1190. The molecule has 4 aliphatic carbocycles. The predicted molar refractivity (Wildman–Crippen MR) is 132 cm³/mol. The van der Waals surface area contributed by atoms with Gasteiger partial charge in [-0.25, -0.2) is 4.98 Å². The van der Waals surface area contributed by atoms with Gasteiger partial charge in [-0.15, -0.1) is 0 Å². The Morgan fingerprint density at radius 3 is 2.45 bits per heavy atom. The molecule has 1 aromatic heterocycles. The van der Waals surface area contributed by atoms with Gasteiger partial charge in [0.25, 0.3) is 0 Å². The summed E-state index contributed by atoms with van der Waals surface area (Å²) < 4.78 is 6.01. The van der Waals surface area contributed by atoms with Crippen molar-refractivity contribution in [3.8, 4) is 11.5 Å². The molecule has 5 heteroatoms. The van der Waals surface area contributed by atoms with Gasteiger partial charge in [0.05, 0.1) is 10.7 Å². The molecule has 33 heavy (non-hydrogen) atoms. The Balaban J connectivity index is 1.22. The molecule has 4 aliphatic rings. The van der Waals surface area contributed by atoms with Gasteiger partial charge in [-0.05, 0) is 104 Å². The Morgan fingerprint density at radius 1 is 1.09 bits per heavy atom. The third-order valence-corrected chi connectivity index (χ3v) is 8.60. The minimum absolute atomic E-state index is 0.0788. The molecule has 0 radical (unpaired) electrons. The first-order valence-electron chi connectivity index (χ1n) is 12.4. The lowest BCUT2D eigenvalue weighted by Gasteiger charge is -2.56. The zero-order valence-corrected chi connectivity index (χ0v) is 20.1. The van der Waals surface area contributed by atoms with Gasteiger partial charge in [0.2, 0.25) is 11.8 Å². The van der Waals surface area contributed by atoms with Gasteiger partial charge in [0, 0.05) is 12.0 Å². The number of oxazole rings is 1. The molecule has 0 saturated heterocycles. The molecule has 4 saturated carbocycles. The summed E-state index contributed by atoms with van der Waals surface area (Å²) in [6.45, 7) is 4.33. The van der Waals surface area contributed by atoms with Crippen LogP contribution in [-0.2, 0) is 4.79 Å². The van der Waals surface area contributed by atoms with Gasteiger partial charge in [-0.1, -0.05) is 31.5 Å². The van der Waals surface area contributed by atoms with Crippen LogP contribution in [0.25, 0.3) is 22.6 Å². The molecule has 4 bridgehead atoms. The van der Waals surface area contributed by atoms with E-state index in [1.807, 2.05) is 24.3 Å². The molecular weight excluding hydrogens is 432 g/mol. The van der Waals surface area contributed by atoms with E-state index in [4.69, 9.17) is 21.0 Å². The highest BCUT2D eigenvalue weighted by Crippen LogP contribution is 2.61. The molecule has 1 amide bonds. The second-order valence-electron chi connectivity index (χ2n) is 11.2. The van der Waals surface area contributed by atoms with E-state index < -0.39 is 0 Å². The number of amides is 1. The molecule has 2 aromatic carbocycles. The standard InChI is InChI=1S/C28H31ClN2O2/c1-16(2)20-4-6-25-24(10-20)31-27(33-25)21-3-5-22(29)23(11-21)30-26(32)15-28-12-17-7-18(13-28)9-19(8-17)14-28/h3-6,10-11,16-19H,7-9,12-15H2,1-2H3,(H,30,32). The molecular formula is C28H31ClN2O2. The zero-order valence-electron chi connectivity index (χ0n) is 19.4. The Kier molecular flexibility index (Phi) is 5.06. The van der Waals surface area contributed by atoms with Crippen molar-refractivity contribution in [3.63, 3.8) is 0 Å². The second-order valence-corrected chi connectivity index (χ2v) is 11.6. The first-order chi connectivity index (χ1) is 15.9. The predicted octanol–water partition coefficient (Wildman–Crippen LogP) is 7.82. The number of carbonyl (C=O) groups is 1. The fraction of sp³-hybridized carbons (Fsp3) is 0.500. The number of fused-ring (bicyclic) bond motifs is 1. The molecule has 4 fully saturated rings. The zero-order chi connectivity index (χ0) is 22.7. The largest absolute Gasteiger partial charge is 0.436 e. The Hall–Kier alpha value is -2.33. The van der Waals surface area contributed by atoms with Crippen molar-refractivity contribution >= 4 is 34.3 Å². The third-order valence-electron chi connectivity index (χ3n) is 8.27. The smallest absolute Gasteiger partial charge is 0.227 e. The summed E-state index contributed by atoms with van der Waals surface area (Å²) in [5, 5.41) is 3.65. The Labute approximate surface area is 200 Å². The van der Waals surface area contributed by atoms with Gasteiger partial charge in [-0.3, -0.25) is 4.79 Å². The highest BCUT2D eigenvalue weighted by molar-refractivity contribution is 6.33. The average molecular weight is 463 g/mol. The summed E-state index contributed by atoms with van der Waals surface area (Å²) >= 11 is 6.47. The van der Waals surface area contributed by atoms with E-state index in [9.17, 15) is 4.79 Å². The maximum absolute atomic E-state index is 13.1. The van der Waals surface area contributed by atoms with Crippen molar-refractivity contribution < 1.29 is 9.21 Å². The van der Waals surface area contributed by atoms with Gasteiger partial charge < -0.3 is 9.73 Å². The molecule has 0 atom stereocenters. The van der Waals surface area contributed by atoms with Crippen LogP contribution in [0.2, 0.25) is 5.02 Å². The number of nitrogens with one attached hydrogen (secondary N) is 1. The summed E-state index contributed by atoms with van der Waals surface area (Å²) in [5.41, 5.74) is 4.49. The van der Waals surface area contributed by atoms with Crippen molar-refractivity contribution in [3.05, 3.63) is 47.0 Å². The van der Waals surface area contributed by atoms with Crippen molar-refractivity contribution in [1.82, 2.24) is 4.98 Å². The van der Waals surface area contributed by atoms with Gasteiger partial charge in [0.15, 0.2) is 5.58 Å². The highest BCUT2D eigenvalue weighted by atomic mass is 35.5. The van der Waals surface area contributed by atoms with Crippen LogP contribution in [-0.4, -0.2) is 10.9 Å². The lowest BCUT2D eigenvalue weighted by atomic mass is 9.49. The average Bonchev–Trinajstić information content (AvgIpc) is 3.17. The molecule has 4 nitrogen and oxygen atoms in total.